The molecule has 0 bridgehead atoms. The highest BCUT2D eigenvalue weighted by Crippen LogP contribution is 2.29. The maximum absolute atomic E-state index is 5.69. The average Bonchev–Trinajstić information content (AvgIpc) is 2.30. The second-order valence-electron chi connectivity index (χ2n) is 3.97. The maximum Gasteiger partial charge on any atom is 0.124 e. The largest absolute Gasteiger partial charge is 0.493 e. The van der Waals surface area contributed by atoms with Gasteiger partial charge >= 0.3 is 0 Å². The average molecular weight is 203 g/mol. The molecule has 0 amide bonds. The van der Waals surface area contributed by atoms with Gasteiger partial charge in [0.2, 0.25) is 0 Å². The predicted molar refractivity (Wildman–Crippen MR) is 63.9 cm³/mol. The zero-order chi connectivity index (χ0) is 10.7. The lowest BCUT2D eigenvalue weighted by molar-refractivity contribution is 0.259. The number of nitrogens with zero attached hydrogens (tertiary/aromatic N) is 1. The standard InChI is InChI=1S/C13H17NO/c1-14(2)12-8-4-3-7-11(12)13-9-5-6-10-15-13/h3-4,7-9H,5-6,10H2,1-2H3. The number of anilines is 1. The molecule has 0 N–H and O–H groups in total. The van der Waals surface area contributed by atoms with Crippen LogP contribution >= 0.6 is 0 Å². The van der Waals surface area contributed by atoms with Gasteiger partial charge < -0.3 is 9.64 Å². The number of hydrogen-bond acceptors (Lipinski definition) is 2. The van der Waals surface area contributed by atoms with Crippen LogP contribution in [0.1, 0.15) is 18.4 Å². The summed E-state index contributed by atoms with van der Waals surface area (Å²) in [6.07, 6.45) is 4.44. The molecule has 0 fully saturated rings. The number of rotatable bonds is 2. The van der Waals surface area contributed by atoms with Crippen LogP contribution < -0.4 is 4.90 Å². The summed E-state index contributed by atoms with van der Waals surface area (Å²) in [6.45, 7) is 0.841. The lowest BCUT2D eigenvalue weighted by atomic mass is 10.1. The van der Waals surface area contributed by atoms with E-state index in [1.807, 2.05) is 0 Å². The topological polar surface area (TPSA) is 12.5 Å². The first-order chi connectivity index (χ1) is 7.29. The van der Waals surface area contributed by atoms with Gasteiger partial charge in [0.1, 0.15) is 5.76 Å². The number of para-hydroxylation sites is 1. The second kappa shape index (κ2) is 4.39. The van der Waals surface area contributed by atoms with Crippen molar-refractivity contribution in [2.24, 2.45) is 0 Å². The molecule has 15 heavy (non-hydrogen) atoms. The molecule has 1 aromatic carbocycles. The summed E-state index contributed by atoms with van der Waals surface area (Å²) in [5.41, 5.74) is 2.41. The van der Waals surface area contributed by atoms with Crippen LogP contribution in [0.5, 0.6) is 0 Å². The van der Waals surface area contributed by atoms with Crippen LogP contribution in [-0.2, 0) is 4.74 Å². The number of allylic oxidation sites excluding steroid dienone is 1. The van der Waals surface area contributed by atoms with Crippen LogP contribution in [-0.4, -0.2) is 20.7 Å². The van der Waals surface area contributed by atoms with E-state index in [2.05, 4.69) is 49.3 Å². The predicted octanol–water partition coefficient (Wildman–Crippen LogP) is 2.90. The Labute approximate surface area is 91.2 Å². The van der Waals surface area contributed by atoms with Gasteiger partial charge in [-0.05, 0) is 31.1 Å². The smallest absolute Gasteiger partial charge is 0.124 e. The first-order valence-corrected chi connectivity index (χ1v) is 5.39. The van der Waals surface area contributed by atoms with E-state index < -0.39 is 0 Å². The Morgan fingerprint density at radius 3 is 2.67 bits per heavy atom. The molecule has 2 rings (SSSR count). The van der Waals surface area contributed by atoms with Crippen molar-refractivity contribution >= 4 is 11.4 Å². The third-order valence-electron chi connectivity index (χ3n) is 2.59. The Bertz CT molecular complexity index is 369. The summed E-state index contributed by atoms with van der Waals surface area (Å²) >= 11 is 0. The monoisotopic (exact) mass is 203 g/mol. The minimum atomic E-state index is 0.841. The van der Waals surface area contributed by atoms with Crippen molar-refractivity contribution in [1.29, 1.82) is 0 Å². The van der Waals surface area contributed by atoms with Crippen LogP contribution in [0.4, 0.5) is 5.69 Å². The third kappa shape index (κ3) is 2.14. The Balaban J connectivity index is 2.38. The summed E-state index contributed by atoms with van der Waals surface area (Å²) < 4.78 is 5.69. The van der Waals surface area contributed by atoms with Crippen molar-refractivity contribution in [2.45, 2.75) is 12.8 Å². The fraction of sp³-hybridized carbons (Fsp3) is 0.385. The van der Waals surface area contributed by atoms with Gasteiger partial charge in [-0.25, -0.2) is 0 Å². The van der Waals surface area contributed by atoms with Gasteiger partial charge in [0.25, 0.3) is 0 Å². The summed E-state index contributed by atoms with van der Waals surface area (Å²) in [5.74, 6) is 1.03. The number of benzene rings is 1. The van der Waals surface area contributed by atoms with Gasteiger partial charge in [0, 0.05) is 25.3 Å². The van der Waals surface area contributed by atoms with E-state index in [9.17, 15) is 0 Å². The van der Waals surface area contributed by atoms with Crippen LogP contribution in [0.3, 0.4) is 0 Å². The van der Waals surface area contributed by atoms with E-state index in [4.69, 9.17) is 4.74 Å². The Hall–Kier alpha value is -1.44. The Morgan fingerprint density at radius 2 is 2.00 bits per heavy atom. The highest BCUT2D eigenvalue weighted by atomic mass is 16.5. The second-order valence-corrected chi connectivity index (χ2v) is 3.97. The molecule has 0 saturated heterocycles. The molecular weight excluding hydrogens is 186 g/mol. The first-order valence-electron chi connectivity index (χ1n) is 5.39. The van der Waals surface area contributed by atoms with E-state index in [1.54, 1.807) is 0 Å². The molecule has 1 aromatic rings. The zero-order valence-corrected chi connectivity index (χ0v) is 9.36. The van der Waals surface area contributed by atoms with Gasteiger partial charge in [-0.15, -0.1) is 0 Å². The molecule has 0 spiro atoms. The summed E-state index contributed by atoms with van der Waals surface area (Å²) in [6, 6.07) is 8.35. The van der Waals surface area contributed by atoms with Crippen molar-refractivity contribution in [2.75, 3.05) is 25.6 Å². The van der Waals surface area contributed by atoms with E-state index in [0.717, 1.165) is 25.2 Å². The molecular formula is C13H17NO. The Kier molecular flexibility index (Phi) is 2.95. The molecule has 1 heterocycles. The molecule has 2 heteroatoms. The normalized spacial score (nSPS) is 15.5. The van der Waals surface area contributed by atoms with Crippen LogP contribution in [0.2, 0.25) is 0 Å². The summed E-state index contributed by atoms with van der Waals surface area (Å²) in [5, 5.41) is 0. The summed E-state index contributed by atoms with van der Waals surface area (Å²) in [7, 11) is 4.12. The molecule has 2 nitrogen and oxygen atoms in total. The maximum atomic E-state index is 5.69. The fourth-order valence-corrected chi connectivity index (χ4v) is 1.82. The quantitative estimate of drug-likeness (QED) is 0.732. The molecule has 0 saturated carbocycles. The molecule has 0 radical (unpaired) electrons. The summed E-state index contributed by atoms with van der Waals surface area (Å²) in [4.78, 5) is 2.12. The minimum absolute atomic E-state index is 0.841. The molecule has 1 aliphatic rings. The Morgan fingerprint density at radius 1 is 1.20 bits per heavy atom. The van der Waals surface area contributed by atoms with Crippen LogP contribution in [0, 0.1) is 0 Å². The molecule has 80 valence electrons. The van der Waals surface area contributed by atoms with Gasteiger partial charge in [-0.1, -0.05) is 12.1 Å². The van der Waals surface area contributed by atoms with E-state index in [1.165, 1.54) is 11.3 Å². The fourth-order valence-electron chi connectivity index (χ4n) is 1.82. The van der Waals surface area contributed by atoms with Crippen LogP contribution in [0.25, 0.3) is 5.76 Å². The highest BCUT2D eigenvalue weighted by molar-refractivity contribution is 5.73. The number of ether oxygens (including phenoxy) is 1. The molecule has 0 aliphatic carbocycles. The molecule has 0 unspecified atom stereocenters. The van der Waals surface area contributed by atoms with Crippen molar-refractivity contribution in [3.8, 4) is 0 Å². The van der Waals surface area contributed by atoms with Gasteiger partial charge in [-0.3, -0.25) is 0 Å². The molecule has 1 aliphatic heterocycles. The SMILES string of the molecule is CN(C)c1ccccc1C1=CCCCO1. The van der Waals surface area contributed by atoms with Gasteiger partial charge in [0.05, 0.1) is 6.61 Å². The molecule has 0 atom stereocenters. The highest BCUT2D eigenvalue weighted by Gasteiger charge is 2.11. The lowest BCUT2D eigenvalue weighted by Crippen LogP contribution is -2.12. The van der Waals surface area contributed by atoms with Gasteiger partial charge in [0.15, 0.2) is 0 Å². The van der Waals surface area contributed by atoms with E-state index in [0.29, 0.717) is 0 Å². The van der Waals surface area contributed by atoms with Crippen molar-refractivity contribution in [1.82, 2.24) is 0 Å². The first kappa shape index (κ1) is 10.1. The van der Waals surface area contributed by atoms with Crippen molar-refractivity contribution in [3.05, 3.63) is 35.9 Å². The van der Waals surface area contributed by atoms with Crippen molar-refractivity contribution < 1.29 is 4.74 Å². The van der Waals surface area contributed by atoms with Crippen LogP contribution in [0.15, 0.2) is 30.3 Å². The van der Waals surface area contributed by atoms with E-state index in [-0.39, 0.29) is 0 Å². The zero-order valence-electron chi connectivity index (χ0n) is 9.36. The lowest BCUT2D eigenvalue weighted by Gasteiger charge is -2.21. The van der Waals surface area contributed by atoms with Gasteiger partial charge in [-0.2, -0.15) is 0 Å². The number of hydrogen-bond donors (Lipinski definition) is 0. The minimum Gasteiger partial charge on any atom is -0.493 e. The van der Waals surface area contributed by atoms with E-state index >= 15 is 0 Å². The third-order valence-corrected chi connectivity index (χ3v) is 2.59. The molecule has 0 aromatic heterocycles. The van der Waals surface area contributed by atoms with Crippen molar-refractivity contribution in [3.63, 3.8) is 0 Å².